The van der Waals surface area contributed by atoms with Gasteiger partial charge >= 0.3 is 6.18 Å². The minimum atomic E-state index is -4.82. The molecule has 3 rings (SSSR count). The summed E-state index contributed by atoms with van der Waals surface area (Å²) in [5.41, 5.74) is -1.14. The number of sulfonamides is 1. The van der Waals surface area contributed by atoms with Crippen LogP contribution in [0, 0.1) is 0 Å². The van der Waals surface area contributed by atoms with Gasteiger partial charge in [0.2, 0.25) is 0 Å². The van der Waals surface area contributed by atoms with E-state index in [0.717, 1.165) is 12.1 Å². The van der Waals surface area contributed by atoms with Gasteiger partial charge in [-0.25, -0.2) is 13.4 Å². The monoisotopic (exact) mass is 368 g/mol. The van der Waals surface area contributed by atoms with E-state index in [2.05, 4.69) is 4.98 Å². The molecule has 0 saturated heterocycles. The van der Waals surface area contributed by atoms with Crippen LogP contribution in [0.3, 0.4) is 0 Å². The first-order valence-corrected chi connectivity index (χ1v) is 8.44. The van der Waals surface area contributed by atoms with Gasteiger partial charge in [-0.1, -0.05) is 24.3 Å². The Kier molecular flexibility index (Phi) is 4.03. The Hall–Kier alpha value is -2.81. The summed E-state index contributed by atoms with van der Waals surface area (Å²) in [6, 6.07) is 11.3. The highest BCUT2D eigenvalue weighted by Gasteiger charge is 2.37. The fraction of sp³-hybridized carbons (Fsp3) is 0.0625. The molecule has 1 aromatic heterocycles. The molecule has 0 bridgehead atoms. The minimum Gasteiger partial charge on any atom is -0.506 e. The SMILES string of the molecule is O=S(=O)(Nc1ccc2cccc(O)c2n1)c1ccccc1C(F)(F)F. The zero-order chi connectivity index (χ0) is 18.2. The van der Waals surface area contributed by atoms with Gasteiger partial charge in [0.25, 0.3) is 10.0 Å². The number of hydrogen-bond acceptors (Lipinski definition) is 4. The van der Waals surface area contributed by atoms with Crippen LogP contribution in [0.4, 0.5) is 19.0 Å². The molecule has 0 aliphatic heterocycles. The molecule has 25 heavy (non-hydrogen) atoms. The Labute approximate surface area is 140 Å². The second-order valence-electron chi connectivity index (χ2n) is 5.14. The number of aromatic nitrogens is 1. The Morgan fingerprint density at radius 3 is 2.40 bits per heavy atom. The van der Waals surface area contributed by atoms with Crippen LogP contribution < -0.4 is 4.72 Å². The largest absolute Gasteiger partial charge is 0.506 e. The van der Waals surface area contributed by atoms with E-state index in [-0.39, 0.29) is 17.1 Å². The van der Waals surface area contributed by atoms with E-state index >= 15 is 0 Å². The number of nitrogens with one attached hydrogen (secondary N) is 1. The van der Waals surface area contributed by atoms with Crippen LogP contribution in [-0.2, 0) is 16.2 Å². The summed E-state index contributed by atoms with van der Waals surface area (Å²) in [5.74, 6) is -0.375. The molecule has 0 radical (unpaired) electrons. The number of benzene rings is 2. The molecule has 130 valence electrons. The fourth-order valence-corrected chi connectivity index (χ4v) is 3.55. The standard InChI is InChI=1S/C16H11F3N2O3S/c17-16(18,19)11-5-1-2-7-13(11)25(23,24)21-14-9-8-10-4-3-6-12(22)15(10)20-14/h1-9,22H,(H,20,21). The van der Waals surface area contributed by atoms with Crippen molar-refractivity contribution in [2.75, 3.05) is 4.72 Å². The first-order chi connectivity index (χ1) is 11.7. The predicted molar refractivity (Wildman–Crippen MR) is 85.7 cm³/mol. The van der Waals surface area contributed by atoms with Gasteiger partial charge in [-0.15, -0.1) is 0 Å². The molecule has 0 atom stereocenters. The molecule has 9 heteroatoms. The molecule has 0 spiro atoms. The molecule has 0 amide bonds. The van der Waals surface area contributed by atoms with Gasteiger partial charge in [0, 0.05) is 5.39 Å². The van der Waals surface area contributed by atoms with Crippen molar-refractivity contribution >= 4 is 26.7 Å². The van der Waals surface area contributed by atoms with E-state index < -0.39 is 26.7 Å². The highest BCUT2D eigenvalue weighted by molar-refractivity contribution is 7.92. The third-order valence-electron chi connectivity index (χ3n) is 3.42. The van der Waals surface area contributed by atoms with Crippen LogP contribution in [-0.4, -0.2) is 18.5 Å². The Balaban J connectivity index is 2.05. The van der Waals surface area contributed by atoms with Crippen LogP contribution >= 0.6 is 0 Å². The maximum atomic E-state index is 13.0. The number of anilines is 1. The number of rotatable bonds is 3. The number of phenols is 1. The summed E-state index contributed by atoms with van der Waals surface area (Å²) in [7, 11) is -4.52. The van der Waals surface area contributed by atoms with Crippen molar-refractivity contribution in [3.63, 3.8) is 0 Å². The number of aromatic hydroxyl groups is 1. The first-order valence-electron chi connectivity index (χ1n) is 6.96. The number of halogens is 3. The summed E-state index contributed by atoms with van der Waals surface area (Å²) >= 11 is 0. The van der Waals surface area contributed by atoms with Crippen molar-refractivity contribution in [3.8, 4) is 5.75 Å². The van der Waals surface area contributed by atoms with Crippen molar-refractivity contribution < 1.29 is 26.7 Å². The second kappa shape index (κ2) is 5.92. The van der Waals surface area contributed by atoms with Gasteiger partial charge in [0.15, 0.2) is 0 Å². The van der Waals surface area contributed by atoms with Crippen molar-refractivity contribution in [3.05, 3.63) is 60.2 Å². The molecular weight excluding hydrogens is 357 g/mol. The highest BCUT2D eigenvalue weighted by Crippen LogP contribution is 2.34. The lowest BCUT2D eigenvalue weighted by Crippen LogP contribution is -2.19. The van der Waals surface area contributed by atoms with Crippen LogP contribution in [0.15, 0.2) is 59.5 Å². The lowest BCUT2D eigenvalue weighted by molar-refractivity contribution is -0.139. The van der Waals surface area contributed by atoms with Crippen molar-refractivity contribution in [1.29, 1.82) is 0 Å². The maximum Gasteiger partial charge on any atom is 0.417 e. The van der Waals surface area contributed by atoms with Gasteiger partial charge in [0.1, 0.15) is 17.1 Å². The summed E-state index contributed by atoms with van der Waals surface area (Å²) < 4.78 is 65.9. The molecule has 0 saturated carbocycles. The average Bonchev–Trinajstić information content (AvgIpc) is 2.55. The van der Waals surface area contributed by atoms with Crippen molar-refractivity contribution in [2.45, 2.75) is 11.1 Å². The van der Waals surface area contributed by atoms with Crippen molar-refractivity contribution in [1.82, 2.24) is 4.98 Å². The van der Waals surface area contributed by atoms with Crippen LogP contribution in [0.1, 0.15) is 5.56 Å². The van der Waals surface area contributed by atoms with E-state index in [9.17, 15) is 26.7 Å². The zero-order valence-corrected chi connectivity index (χ0v) is 13.3. The third-order valence-corrected chi connectivity index (χ3v) is 4.83. The maximum absolute atomic E-state index is 13.0. The normalized spacial score (nSPS) is 12.3. The van der Waals surface area contributed by atoms with Crippen molar-refractivity contribution in [2.24, 2.45) is 0 Å². The smallest absolute Gasteiger partial charge is 0.417 e. The lowest BCUT2D eigenvalue weighted by atomic mass is 10.2. The molecular formula is C16H11F3N2O3S. The number of para-hydroxylation sites is 1. The lowest BCUT2D eigenvalue weighted by Gasteiger charge is -2.14. The molecule has 2 aromatic carbocycles. The number of fused-ring (bicyclic) bond motifs is 1. The summed E-state index contributed by atoms with van der Waals surface area (Å²) in [6.07, 6.45) is -4.82. The topological polar surface area (TPSA) is 79.3 Å². The van der Waals surface area contributed by atoms with E-state index in [1.807, 2.05) is 4.72 Å². The fourth-order valence-electron chi connectivity index (χ4n) is 2.32. The van der Waals surface area contributed by atoms with E-state index in [0.29, 0.717) is 11.5 Å². The van der Waals surface area contributed by atoms with Gasteiger partial charge in [-0.05, 0) is 30.3 Å². The predicted octanol–water partition coefficient (Wildman–Crippen LogP) is 3.76. The summed E-state index contributed by atoms with van der Waals surface area (Å²) in [6.45, 7) is 0. The number of alkyl halides is 3. The average molecular weight is 368 g/mol. The summed E-state index contributed by atoms with van der Waals surface area (Å²) in [5, 5.41) is 10.3. The molecule has 2 N–H and O–H groups in total. The quantitative estimate of drug-likeness (QED) is 0.738. The molecule has 0 aliphatic rings. The van der Waals surface area contributed by atoms with Gasteiger partial charge in [-0.3, -0.25) is 4.72 Å². The van der Waals surface area contributed by atoms with Gasteiger partial charge in [-0.2, -0.15) is 13.2 Å². The molecule has 5 nitrogen and oxygen atoms in total. The van der Waals surface area contributed by atoms with Crippen LogP contribution in [0.25, 0.3) is 10.9 Å². The third kappa shape index (κ3) is 3.36. The second-order valence-corrected chi connectivity index (χ2v) is 6.80. The Morgan fingerprint density at radius 2 is 1.68 bits per heavy atom. The number of pyridine rings is 1. The van der Waals surface area contributed by atoms with Crippen LogP contribution in [0.2, 0.25) is 0 Å². The Bertz CT molecular complexity index is 1050. The molecule has 0 unspecified atom stereocenters. The highest BCUT2D eigenvalue weighted by atomic mass is 32.2. The number of phenolic OH excluding ortho intramolecular Hbond substituents is 1. The Morgan fingerprint density at radius 1 is 0.960 bits per heavy atom. The number of nitrogens with zero attached hydrogens (tertiary/aromatic N) is 1. The minimum absolute atomic E-state index is 0.131. The van der Waals surface area contributed by atoms with E-state index in [4.69, 9.17) is 0 Å². The molecule has 1 heterocycles. The van der Waals surface area contributed by atoms with E-state index in [1.54, 1.807) is 12.1 Å². The zero-order valence-electron chi connectivity index (χ0n) is 12.4. The van der Waals surface area contributed by atoms with Gasteiger partial charge in [0.05, 0.1) is 10.5 Å². The first kappa shape index (κ1) is 17.0. The molecule has 0 fully saturated rings. The summed E-state index contributed by atoms with van der Waals surface area (Å²) in [4.78, 5) is 3.05. The molecule has 3 aromatic rings. The number of hydrogen-bond donors (Lipinski definition) is 2. The molecule has 0 aliphatic carbocycles. The van der Waals surface area contributed by atoms with Crippen LogP contribution in [0.5, 0.6) is 5.75 Å². The van der Waals surface area contributed by atoms with E-state index in [1.165, 1.54) is 24.3 Å². The van der Waals surface area contributed by atoms with Gasteiger partial charge < -0.3 is 5.11 Å².